The highest BCUT2D eigenvalue weighted by atomic mass is 79.9. The van der Waals surface area contributed by atoms with Crippen LogP contribution in [0.1, 0.15) is 28.4 Å². The normalized spacial score (nSPS) is 12.5. The third-order valence-corrected chi connectivity index (χ3v) is 4.69. The minimum absolute atomic E-state index is 0.668. The van der Waals surface area contributed by atoms with E-state index in [1.807, 2.05) is 44.2 Å². The van der Waals surface area contributed by atoms with E-state index in [4.69, 9.17) is 11.6 Å². The summed E-state index contributed by atoms with van der Waals surface area (Å²) in [6.07, 6.45) is -0.668. The second-order valence-electron chi connectivity index (χ2n) is 4.53. The van der Waals surface area contributed by atoms with E-state index in [-0.39, 0.29) is 0 Å². The fourth-order valence-corrected chi connectivity index (χ4v) is 3.47. The zero-order valence-corrected chi connectivity index (χ0v) is 14.5. The molecule has 2 rings (SSSR count). The Kier molecular flexibility index (Phi) is 4.72. The zero-order valence-electron chi connectivity index (χ0n) is 10.5. The van der Waals surface area contributed by atoms with Gasteiger partial charge in [0.15, 0.2) is 0 Å². The average Bonchev–Trinajstić information content (AvgIpc) is 2.33. The van der Waals surface area contributed by atoms with Gasteiger partial charge in [0, 0.05) is 14.0 Å². The third-order valence-electron chi connectivity index (χ3n) is 3.10. The molecule has 4 heteroatoms. The van der Waals surface area contributed by atoms with Crippen molar-refractivity contribution in [3.05, 3.63) is 66.6 Å². The Morgan fingerprint density at radius 2 is 1.68 bits per heavy atom. The molecule has 0 spiro atoms. The van der Waals surface area contributed by atoms with E-state index in [9.17, 15) is 5.11 Å². The molecule has 0 fully saturated rings. The van der Waals surface area contributed by atoms with Crippen LogP contribution in [0.2, 0.25) is 5.02 Å². The zero-order chi connectivity index (χ0) is 14.2. The third kappa shape index (κ3) is 3.22. The molecule has 0 aliphatic rings. The van der Waals surface area contributed by atoms with Gasteiger partial charge in [0.1, 0.15) is 6.10 Å². The molecule has 0 amide bonds. The summed E-state index contributed by atoms with van der Waals surface area (Å²) in [5, 5.41) is 11.3. The lowest BCUT2D eigenvalue weighted by Crippen LogP contribution is -2.03. The van der Waals surface area contributed by atoms with Crippen LogP contribution < -0.4 is 0 Å². The SMILES string of the molecule is Cc1cc(C(O)c2ccc(Br)cc2Br)c(C)cc1Cl. The number of rotatable bonds is 2. The van der Waals surface area contributed by atoms with Gasteiger partial charge in [0.2, 0.25) is 0 Å². The van der Waals surface area contributed by atoms with Crippen molar-refractivity contribution < 1.29 is 5.11 Å². The molecule has 100 valence electrons. The second-order valence-corrected chi connectivity index (χ2v) is 6.70. The van der Waals surface area contributed by atoms with Crippen molar-refractivity contribution in [3.8, 4) is 0 Å². The maximum absolute atomic E-state index is 10.6. The first-order valence-corrected chi connectivity index (χ1v) is 7.76. The Morgan fingerprint density at radius 1 is 1.00 bits per heavy atom. The van der Waals surface area contributed by atoms with E-state index < -0.39 is 6.10 Å². The molecule has 0 aromatic heterocycles. The molecule has 1 unspecified atom stereocenters. The van der Waals surface area contributed by atoms with E-state index in [1.54, 1.807) is 0 Å². The van der Waals surface area contributed by atoms with E-state index in [0.717, 1.165) is 36.2 Å². The Labute approximate surface area is 134 Å². The maximum atomic E-state index is 10.6. The van der Waals surface area contributed by atoms with Crippen LogP contribution in [-0.2, 0) is 0 Å². The highest BCUT2D eigenvalue weighted by molar-refractivity contribution is 9.11. The van der Waals surface area contributed by atoms with E-state index in [0.29, 0.717) is 0 Å². The summed E-state index contributed by atoms with van der Waals surface area (Å²) in [4.78, 5) is 0. The molecule has 19 heavy (non-hydrogen) atoms. The molecule has 0 radical (unpaired) electrons. The summed E-state index contributed by atoms with van der Waals surface area (Å²) in [5.74, 6) is 0. The second kappa shape index (κ2) is 5.96. The molecule has 0 saturated heterocycles. The van der Waals surface area contributed by atoms with Crippen molar-refractivity contribution in [2.75, 3.05) is 0 Å². The van der Waals surface area contributed by atoms with E-state index in [1.165, 1.54) is 0 Å². The Bertz CT molecular complexity index is 626. The molecule has 0 saturated carbocycles. The summed E-state index contributed by atoms with van der Waals surface area (Å²) >= 11 is 13.0. The minimum Gasteiger partial charge on any atom is -0.384 e. The van der Waals surface area contributed by atoms with Crippen LogP contribution in [0, 0.1) is 13.8 Å². The fraction of sp³-hybridized carbons (Fsp3) is 0.200. The summed E-state index contributed by atoms with van der Waals surface area (Å²) < 4.78 is 1.85. The van der Waals surface area contributed by atoms with Crippen LogP contribution in [0.25, 0.3) is 0 Å². The average molecular weight is 405 g/mol. The predicted octanol–water partition coefficient (Wildman–Crippen LogP) is 5.56. The highest BCUT2D eigenvalue weighted by Gasteiger charge is 2.17. The molecule has 2 aromatic carbocycles. The first-order chi connectivity index (χ1) is 8.90. The maximum Gasteiger partial charge on any atom is 0.105 e. The van der Waals surface area contributed by atoms with Crippen molar-refractivity contribution in [3.63, 3.8) is 0 Å². The number of aliphatic hydroxyl groups excluding tert-OH is 1. The molecule has 0 aliphatic heterocycles. The Hall–Kier alpha value is -0.350. The first kappa shape index (κ1) is 15.0. The van der Waals surface area contributed by atoms with Crippen molar-refractivity contribution in [2.45, 2.75) is 20.0 Å². The van der Waals surface area contributed by atoms with Crippen LogP contribution in [0.5, 0.6) is 0 Å². The Morgan fingerprint density at radius 3 is 2.32 bits per heavy atom. The smallest absolute Gasteiger partial charge is 0.105 e. The Balaban J connectivity index is 2.49. The molecule has 1 nitrogen and oxygen atoms in total. The number of halogens is 3. The lowest BCUT2D eigenvalue weighted by Gasteiger charge is -2.17. The van der Waals surface area contributed by atoms with Gasteiger partial charge >= 0.3 is 0 Å². The van der Waals surface area contributed by atoms with Gasteiger partial charge in [0.05, 0.1) is 0 Å². The van der Waals surface area contributed by atoms with Gasteiger partial charge in [-0.05, 0) is 54.3 Å². The molecule has 1 N–H and O–H groups in total. The molecular weight excluding hydrogens is 391 g/mol. The van der Waals surface area contributed by atoms with Gasteiger partial charge in [0.25, 0.3) is 0 Å². The summed E-state index contributed by atoms with van der Waals surface area (Å²) in [6.45, 7) is 3.89. The van der Waals surface area contributed by atoms with Crippen LogP contribution in [-0.4, -0.2) is 5.11 Å². The van der Waals surface area contributed by atoms with Gasteiger partial charge in [-0.25, -0.2) is 0 Å². The molecule has 2 aromatic rings. The summed E-state index contributed by atoms with van der Waals surface area (Å²) in [5.41, 5.74) is 3.67. The number of hydrogen-bond acceptors (Lipinski definition) is 1. The molecule has 0 heterocycles. The lowest BCUT2D eigenvalue weighted by molar-refractivity contribution is 0.218. The van der Waals surface area contributed by atoms with Crippen molar-refractivity contribution in [2.24, 2.45) is 0 Å². The largest absolute Gasteiger partial charge is 0.384 e. The predicted molar refractivity (Wildman–Crippen MR) is 86.8 cm³/mol. The van der Waals surface area contributed by atoms with Gasteiger partial charge in [-0.15, -0.1) is 0 Å². The topological polar surface area (TPSA) is 20.2 Å². The van der Waals surface area contributed by atoms with Crippen LogP contribution >= 0.6 is 43.5 Å². The van der Waals surface area contributed by atoms with Crippen LogP contribution in [0.3, 0.4) is 0 Å². The first-order valence-electron chi connectivity index (χ1n) is 5.80. The standard InChI is InChI=1S/C15H13Br2ClO/c1-8-6-14(18)9(2)5-12(8)15(19)11-4-3-10(16)7-13(11)17/h3-7,15,19H,1-2H3. The minimum atomic E-state index is -0.668. The number of hydrogen-bond donors (Lipinski definition) is 1. The summed E-state index contributed by atoms with van der Waals surface area (Å²) in [7, 11) is 0. The quantitative estimate of drug-likeness (QED) is 0.694. The summed E-state index contributed by atoms with van der Waals surface area (Å²) in [6, 6.07) is 9.58. The molecule has 1 atom stereocenters. The lowest BCUT2D eigenvalue weighted by atomic mass is 9.96. The fourth-order valence-electron chi connectivity index (χ4n) is 1.99. The van der Waals surface area contributed by atoms with Crippen LogP contribution in [0.15, 0.2) is 39.3 Å². The van der Waals surface area contributed by atoms with Gasteiger partial charge in [-0.2, -0.15) is 0 Å². The van der Waals surface area contributed by atoms with E-state index >= 15 is 0 Å². The van der Waals surface area contributed by atoms with E-state index in [2.05, 4.69) is 31.9 Å². The van der Waals surface area contributed by atoms with Gasteiger partial charge < -0.3 is 5.11 Å². The monoisotopic (exact) mass is 402 g/mol. The van der Waals surface area contributed by atoms with Crippen molar-refractivity contribution >= 4 is 43.5 Å². The number of aliphatic hydroxyl groups is 1. The molecule has 0 aliphatic carbocycles. The molecular formula is C15H13Br2ClO. The van der Waals surface area contributed by atoms with Crippen molar-refractivity contribution in [1.82, 2.24) is 0 Å². The van der Waals surface area contributed by atoms with Gasteiger partial charge in [-0.3, -0.25) is 0 Å². The van der Waals surface area contributed by atoms with Crippen LogP contribution in [0.4, 0.5) is 0 Å². The van der Waals surface area contributed by atoms with Crippen molar-refractivity contribution in [1.29, 1.82) is 0 Å². The molecule has 0 bridgehead atoms. The number of benzene rings is 2. The highest BCUT2D eigenvalue weighted by Crippen LogP contribution is 2.33. The number of aryl methyl sites for hydroxylation is 2. The van der Waals surface area contributed by atoms with Gasteiger partial charge in [-0.1, -0.05) is 55.6 Å².